The van der Waals surface area contributed by atoms with Gasteiger partial charge in [-0.3, -0.25) is 9.59 Å². The minimum Gasteiger partial charge on any atom is -0.451 e. The Hall–Kier alpha value is -2.97. The highest BCUT2D eigenvalue weighted by Crippen LogP contribution is 2.27. The molecule has 1 N–H and O–H groups in total. The summed E-state index contributed by atoms with van der Waals surface area (Å²) in [7, 11) is 0. The van der Waals surface area contributed by atoms with Crippen molar-refractivity contribution in [1.82, 2.24) is 4.98 Å². The topological polar surface area (TPSA) is 85.4 Å². The summed E-state index contributed by atoms with van der Waals surface area (Å²) >= 11 is 3.02. The molecule has 0 aliphatic rings. The van der Waals surface area contributed by atoms with Crippen molar-refractivity contribution in [2.75, 3.05) is 5.32 Å². The zero-order valence-electron chi connectivity index (χ0n) is 19.0. The van der Waals surface area contributed by atoms with Gasteiger partial charge in [0, 0.05) is 32.7 Å². The minimum atomic E-state index is -0.955. The number of thioether (sulfide) groups is 1. The molecule has 0 saturated heterocycles. The Labute approximate surface area is 201 Å². The second-order valence-corrected chi connectivity index (χ2v) is 10.2. The molecule has 1 amide bonds. The van der Waals surface area contributed by atoms with Gasteiger partial charge in [-0.15, -0.1) is 23.1 Å². The Morgan fingerprint density at radius 1 is 1.09 bits per heavy atom. The molecular formula is C25H26N2O4S2. The number of benzene rings is 2. The first-order valence-electron chi connectivity index (χ1n) is 10.4. The SMILES string of the molecule is C[C@H](OC(=O)c1ccccc1SCc1cscn1)C(=O)c1ccc(NC(=O)C(C)(C)C)cc1. The number of ether oxygens (including phenoxy) is 1. The summed E-state index contributed by atoms with van der Waals surface area (Å²) in [6, 6.07) is 13.7. The molecular weight excluding hydrogens is 456 g/mol. The number of nitrogens with zero attached hydrogens (tertiary/aromatic N) is 1. The average molecular weight is 483 g/mol. The van der Waals surface area contributed by atoms with Crippen LogP contribution < -0.4 is 5.32 Å². The Morgan fingerprint density at radius 2 is 1.79 bits per heavy atom. The zero-order chi connectivity index (χ0) is 24.0. The summed E-state index contributed by atoms with van der Waals surface area (Å²) in [5.74, 6) is -0.341. The number of amides is 1. The molecule has 0 bridgehead atoms. The van der Waals surface area contributed by atoms with Gasteiger partial charge >= 0.3 is 5.97 Å². The summed E-state index contributed by atoms with van der Waals surface area (Å²) in [5, 5.41) is 4.78. The number of esters is 1. The van der Waals surface area contributed by atoms with Gasteiger partial charge < -0.3 is 10.1 Å². The number of nitrogens with one attached hydrogen (secondary N) is 1. The van der Waals surface area contributed by atoms with Gasteiger partial charge in [0.15, 0.2) is 6.10 Å². The first-order valence-corrected chi connectivity index (χ1v) is 12.3. The molecule has 172 valence electrons. The predicted molar refractivity (Wildman–Crippen MR) is 132 cm³/mol. The van der Waals surface area contributed by atoms with Gasteiger partial charge in [0.2, 0.25) is 11.7 Å². The Bertz CT molecular complexity index is 1120. The second kappa shape index (κ2) is 10.8. The van der Waals surface area contributed by atoms with E-state index in [1.165, 1.54) is 23.1 Å². The third kappa shape index (κ3) is 6.76. The maximum atomic E-state index is 12.8. The van der Waals surface area contributed by atoms with Crippen LogP contribution in [0.3, 0.4) is 0 Å². The van der Waals surface area contributed by atoms with Crippen LogP contribution in [0.5, 0.6) is 0 Å². The van der Waals surface area contributed by atoms with Crippen molar-refractivity contribution in [3.63, 3.8) is 0 Å². The minimum absolute atomic E-state index is 0.116. The number of hydrogen-bond acceptors (Lipinski definition) is 7. The molecule has 0 aliphatic carbocycles. The molecule has 8 heteroatoms. The molecule has 1 heterocycles. The third-order valence-electron chi connectivity index (χ3n) is 4.73. The molecule has 3 rings (SSSR count). The quantitative estimate of drug-likeness (QED) is 0.246. The van der Waals surface area contributed by atoms with Gasteiger partial charge in [-0.2, -0.15) is 0 Å². The highest BCUT2D eigenvalue weighted by atomic mass is 32.2. The summed E-state index contributed by atoms with van der Waals surface area (Å²) in [6.07, 6.45) is -0.955. The maximum Gasteiger partial charge on any atom is 0.339 e. The normalized spacial score (nSPS) is 12.1. The summed E-state index contributed by atoms with van der Waals surface area (Å²) in [6.45, 7) is 7.03. The van der Waals surface area contributed by atoms with Crippen LogP contribution in [0.4, 0.5) is 5.69 Å². The molecule has 0 radical (unpaired) electrons. The average Bonchev–Trinajstić information content (AvgIpc) is 3.31. The van der Waals surface area contributed by atoms with E-state index in [2.05, 4.69) is 10.3 Å². The molecule has 0 fully saturated rings. The van der Waals surface area contributed by atoms with Gasteiger partial charge in [-0.05, 0) is 43.3 Å². The molecule has 1 aromatic heterocycles. The molecule has 6 nitrogen and oxygen atoms in total. The van der Waals surface area contributed by atoms with Crippen LogP contribution in [0.15, 0.2) is 64.3 Å². The van der Waals surface area contributed by atoms with E-state index in [0.717, 1.165) is 10.6 Å². The lowest BCUT2D eigenvalue weighted by atomic mass is 9.95. The van der Waals surface area contributed by atoms with E-state index in [1.807, 2.05) is 38.3 Å². The van der Waals surface area contributed by atoms with Crippen molar-refractivity contribution in [1.29, 1.82) is 0 Å². The van der Waals surface area contributed by atoms with Crippen molar-refractivity contribution >= 4 is 46.4 Å². The van der Waals surface area contributed by atoms with Crippen LogP contribution >= 0.6 is 23.1 Å². The first-order chi connectivity index (χ1) is 15.6. The number of anilines is 1. The van der Waals surface area contributed by atoms with Crippen LogP contribution in [0, 0.1) is 5.41 Å². The zero-order valence-corrected chi connectivity index (χ0v) is 20.6. The lowest BCUT2D eigenvalue weighted by molar-refractivity contribution is -0.123. The number of Topliss-reactive ketones (excluding diaryl/α,β-unsaturated/α-hetero) is 1. The Morgan fingerprint density at radius 3 is 2.42 bits per heavy atom. The number of thiazole rings is 1. The van der Waals surface area contributed by atoms with Crippen molar-refractivity contribution in [3.05, 3.63) is 76.2 Å². The largest absolute Gasteiger partial charge is 0.451 e. The van der Waals surface area contributed by atoms with Crippen LogP contribution in [-0.4, -0.2) is 28.7 Å². The van der Waals surface area contributed by atoms with E-state index in [0.29, 0.717) is 22.6 Å². The van der Waals surface area contributed by atoms with E-state index in [-0.39, 0.29) is 11.7 Å². The predicted octanol–water partition coefficient (Wildman–Crippen LogP) is 5.85. The summed E-state index contributed by atoms with van der Waals surface area (Å²) < 4.78 is 5.48. The van der Waals surface area contributed by atoms with Crippen molar-refractivity contribution in [2.24, 2.45) is 5.41 Å². The fourth-order valence-electron chi connectivity index (χ4n) is 2.77. The van der Waals surface area contributed by atoms with E-state index in [4.69, 9.17) is 4.74 Å². The third-order valence-corrected chi connectivity index (χ3v) is 6.47. The van der Waals surface area contributed by atoms with Gasteiger partial charge in [-0.1, -0.05) is 32.9 Å². The smallest absolute Gasteiger partial charge is 0.339 e. The summed E-state index contributed by atoms with van der Waals surface area (Å²) in [4.78, 5) is 42.7. The molecule has 2 aromatic carbocycles. The fraction of sp³-hybridized carbons (Fsp3) is 0.280. The maximum absolute atomic E-state index is 12.8. The van der Waals surface area contributed by atoms with Gasteiger partial charge in [-0.25, -0.2) is 9.78 Å². The highest BCUT2D eigenvalue weighted by Gasteiger charge is 2.23. The second-order valence-electron chi connectivity index (χ2n) is 8.46. The lowest BCUT2D eigenvalue weighted by Gasteiger charge is -2.18. The van der Waals surface area contributed by atoms with Gasteiger partial charge in [0.25, 0.3) is 0 Å². The fourth-order valence-corrected chi connectivity index (χ4v) is 4.38. The molecule has 1 atom stereocenters. The van der Waals surface area contributed by atoms with Crippen molar-refractivity contribution in [2.45, 2.75) is 44.4 Å². The number of ketones is 1. The van der Waals surface area contributed by atoms with Gasteiger partial charge in [0.05, 0.1) is 16.8 Å². The number of carbonyl (C=O) groups excluding carboxylic acids is 3. The molecule has 33 heavy (non-hydrogen) atoms. The van der Waals surface area contributed by atoms with E-state index >= 15 is 0 Å². The van der Waals surface area contributed by atoms with Crippen LogP contribution in [0.25, 0.3) is 0 Å². The first kappa shape index (κ1) is 24.7. The molecule has 3 aromatic rings. The van der Waals surface area contributed by atoms with Crippen molar-refractivity contribution in [3.8, 4) is 0 Å². The number of carbonyl (C=O) groups is 3. The number of aromatic nitrogens is 1. The van der Waals surface area contributed by atoms with Crippen LogP contribution in [0.1, 0.15) is 54.1 Å². The van der Waals surface area contributed by atoms with Crippen LogP contribution in [0.2, 0.25) is 0 Å². The lowest BCUT2D eigenvalue weighted by Crippen LogP contribution is -2.27. The van der Waals surface area contributed by atoms with E-state index in [9.17, 15) is 14.4 Å². The Balaban J connectivity index is 1.63. The van der Waals surface area contributed by atoms with E-state index < -0.39 is 17.5 Å². The monoisotopic (exact) mass is 482 g/mol. The number of hydrogen-bond donors (Lipinski definition) is 1. The molecule has 0 saturated carbocycles. The highest BCUT2D eigenvalue weighted by molar-refractivity contribution is 7.98. The van der Waals surface area contributed by atoms with Crippen LogP contribution in [-0.2, 0) is 15.3 Å². The Kier molecular flexibility index (Phi) is 8.05. The van der Waals surface area contributed by atoms with Gasteiger partial charge in [0.1, 0.15) is 0 Å². The summed E-state index contributed by atoms with van der Waals surface area (Å²) in [5.41, 5.74) is 3.61. The molecule has 0 unspecified atom stereocenters. The molecule has 0 spiro atoms. The number of rotatable bonds is 8. The van der Waals surface area contributed by atoms with E-state index in [1.54, 1.807) is 48.8 Å². The van der Waals surface area contributed by atoms with Crippen molar-refractivity contribution < 1.29 is 19.1 Å². The standard InChI is InChI=1S/C25H26N2O4S2/c1-16(22(28)17-9-11-18(12-10-17)27-24(30)25(2,3)4)31-23(29)20-7-5-6-8-21(20)33-14-19-13-32-15-26-19/h5-13,15-16H,14H2,1-4H3,(H,27,30)/t16-/m0/s1. The molecule has 0 aliphatic heterocycles.